The molecule has 1 saturated carbocycles. The molecule has 2 aromatic carbocycles. The van der Waals surface area contributed by atoms with E-state index in [1.54, 1.807) is 25.3 Å². The number of cyclic esters (lactones) is 1. The number of esters is 1. The molecule has 0 bridgehead atoms. The summed E-state index contributed by atoms with van der Waals surface area (Å²) in [5, 5.41) is 10.0. The van der Waals surface area contributed by atoms with Gasteiger partial charge in [0, 0.05) is 11.1 Å². The third kappa shape index (κ3) is 4.12. The molecule has 1 fully saturated rings. The Balaban J connectivity index is 1.88. The zero-order chi connectivity index (χ0) is 24.0. The standard InChI is InChI=1S/C26H30O7/c1-25(2,3)13-20(26(11-12-26)24(28)29)33-21-16(9-10-19(30-4)22(21)31-5)15-7-6-8-17-18(15)14-32-23(17)27/h6-10,20H,11-14H2,1-5H3,(H,28,29). The number of rotatable bonds is 8. The summed E-state index contributed by atoms with van der Waals surface area (Å²) in [6.45, 7) is 6.37. The first-order chi connectivity index (χ1) is 15.6. The maximum absolute atomic E-state index is 12.2. The SMILES string of the molecule is COc1ccc(-c2cccc3c2COC3=O)c(OC(CC(C)(C)C)C2(C(=O)O)CC2)c1OC. The molecule has 176 valence electrons. The van der Waals surface area contributed by atoms with E-state index >= 15 is 0 Å². The van der Waals surface area contributed by atoms with E-state index in [1.165, 1.54) is 7.11 Å². The van der Waals surface area contributed by atoms with Crippen LogP contribution in [0.2, 0.25) is 0 Å². The van der Waals surface area contributed by atoms with Gasteiger partial charge in [-0.05, 0) is 48.4 Å². The lowest BCUT2D eigenvalue weighted by molar-refractivity contribution is -0.148. The molecule has 1 unspecified atom stereocenters. The van der Waals surface area contributed by atoms with Crippen LogP contribution < -0.4 is 14.2 Å². The highest BCUT2D eigenvalue weighted by Gasteiger charge is 2.58. The van der Waals surface area contributed by atoms with Crippen LogP contribution >= 0.6 is 0 Å². The minimum atomic E-state index is -0.934. The molecule has 2 aliphatic rings. The molecule has 2 aromatic rings. The Morgan fingerprint density at radius 1 is 1.06 bits per heavy atom. The van der Waals surface area contributed by atoms with Gasteiger partial charge in [0.1, 0.15) is 18.1 Å². The molecule has 7 heteroatoms. The highest BCUT2D eigenvalue weighted by atomic mass is 16.5. The molecule has 33 heavy (non-hydrogen) atoms. The second-order valence-electron chi connectivity index (χ2n) is 9.92. The Morgan fingerprint density at radius 2 is 1.76 bits per heavy atom. The Labute approximate surface area is 193 Å². The van der Waals surface area contributed by atoms with Gasteiger partial charge in [-0.2, -0.15) is 0 Å². The van der Waals surface area contributed by atoms with E-state index in [0.717, 1.165) is 11.1 Å². The molecular formula is C26H30O7. The Morgan fingerprint density at radius 3 is 2.33 bits per heavy atom. The number of hydrogen-bond acceptors (Lipinski definition) is 6. The van der Waals surface area contributed by atoms with Gasteiger partial charge in [-0.3, -0.25) is 4.79 Å². The first-order valence-electron chi connectivity index (χ1n) is 11.1. The van der Waals surface area contributed by atoms with Gasteiger partial charge in [-0.1, -0.05) is 32.9 Å². The molecular weight excluding hydrogens is 424 g/mol. The molecule has 0 spiro atoms. The molecule has 0 aromatic heterocycles. The third-order valence-electron chi connectivity index (χ3n) is 6.42. The average molecular weight is 455 g/mol. The maximum Gasteiger partial charge on any atom is 0.338 e. The van der Waals surface area contributed by atoms with Crippen LogP contribution in [0.4, 0.5) is 0 Å². The molecule has 7 nitrogen and oxygen atoms in total. The van der Waals surface area contributed by atoms with E-state index in [0.29, 0.717) is 47.6 Å². The van der Waals surface area contributed by atoms with Crippen molar-refractivity contribution in [2.75, 3.05) is 14.2 Å². The molecule has 0 saturated heterocycles. The second kappa shape index (κ2) is 8.28. The van der Waals surface area contributed by atoms with E-state index in [-0.39, 0.29) is 18.0 Å². The number of hydrogen-bond donors (Lipinski definition) is 1. The summed E-state index contributed by atoms with van der Waals surface area (Å²) in [5.74, 6) is 0.0677. The number of ether oxygens (including phenoxy) is 4. The lowest BCUT2D eigenvalue weighted by atomic mass is 9.82. The van der Waals surface area contributed by atoms with Gasteiger partial charge in [0.15, 0.2) is 11.5 Å². The molecule has 4 rings (SSSR count). The first-order valence-corrected chi connectivity index (χ1v) is 11.1. The van der Waals surface area contributed by atoms with Crippen molar-refractivity contribution in [2.45, 2.75) is 52.7 Å². The van der Waals surface area contributed by atoms with Crippen LogP contribution in [0.25, 0.3) is 11.1 Å². The minimum Gasteiger partial charge on any atom is -0.493 e. The largest absolute Gasteiger partial charge is 0.493 e. The predicted molar refractivity (Wildman–Crippen MR) is 122 cm³/mol. The highest BCUT2D eigenvalue weighted by Crippen LogP contribution is 2.55. The summed E-state index contributed by atoms with van der Waals surface area (Å²) in [6.07, 6.45) is 1.11. The molecule has 1 aliphatic carbocycles. The number of methoxy groups -OCH3 is 2. The topological polar surface area (TPSA) is 91.3 Å². The van der Waals surface area contributed by atoms with Crippen molar-refractivity contribution < 1.29 is 33.6 Å². The molecule has 1 N–H and O–H groups in total. The monoisotopic (exact) mass is 454 g/mol. The van der Waals surface area contributed by atoms with Crippen LogP contribution in [0.5, 0.6) is 17.2 Å². The number of fused-ring (bicyclic) bond motifs is 1. The first kappa shape index (κ1) is 23.0. The van der Waals surface area contributed by atoms with Crippen LogP contribution in [0.1, 0.15) is 56.0 Å². The molecule has 1 atom stereocenters. The van der Waals surface area contributed by atoms with Crippen LogP contribution in [0, 0.1) is 10.8 Å². The zero-order valence-electron chi connectivity index (χ0n) is 19.7. The van der Waals surface area contributed by atoms with Crippen molar-refractivity contribution in [3.8, 4) is 28.4 Å². The molecule has 0 amide bonds. The number of carbonyl (C=O) groups is 2. The number of aliphatic carboxylic acids is 1. The van der Waals surface area contributed by atoms with E-state index in [4.69, 9.17) is 18.9 Å². The summed E-state index contributed by atoms with van der Waals surface area (Å²) >= 11 is 0. The summed E-state index contributed by atoms with van der Waals surface area (Å²) in [5.41, 5.74) is 1.67. The van der Waals surface area contributed by atoms with Gasteiger partial charge < -0.3 is 24.1 Å². The minimum absolute atomic E-state index is 0.157. The molecule has 0 radical (unpaired) electrons. The van der Waals surface area contributed by atoms with Crippen molar-refractivity contribution in [2.24, 2.45) is 10.8 Å². The van der Waals surface area contributed by atoms with Crippen molar-refractivity contribution >= 4 is 11.9 Å². The third-order valence-corrected chi connectivity index (χ3v) is 6.42. The van der Waals surface area contributed by atoms with Gasteiger partial charge in [-0.15, -0.1) is 0 Å². The summed E-state index contributed by atoms with van der Waals surface area (Å²) < 4.78 is 23.1. The lowest BCUT2D eigenvalue weighted by Crippen LogP contribution is -2.38. The van der Waals surface area contributed by atoms with Crippen LogP contribution in [0.3, 0.4) is 0 Å². The van der Waals surface area contributed by atoms with Gasteiger partial charge in [-0.25, -0.2) is 4.79 Å². The fraction of sp³-hybridized carbons (Fsp3) is 0.462. The summed E-state index contributed by atoms with van der Waals surface area (Å²) in [4.78, 5) is 24.4. The fourth-order valence-electron chi connectivity index (χ4n) is 4.49. The van der Waals surface area contributed by atoms with Gasteiger partial charge >= 0.3 is 11.9 Å². The van der Waals surface area contributed by atoms with Crippen molar-refractivity contribution in [1.82, 2.24) is 0 Å². The van der Waals surface area contributed by atoms with E-state index in [2.05, 4.69) is 20.8 Å². The van der Waals surface area contributed by atoms with Crippen LogP contribution in [0.15, 0.2) is 30.3 Å². The van der Waals surface area contributed by atoms with E-state index < -0.39 is 17.5 Å². The Kier molecular flexibility index (Phi) is 5.76. The fourth-order valence-corrected chi connectivity index (χ4v) is 4.49. The van der Waals surface area contributed by atoms with Crippen LogP contribution in [-0.4, -0.2) is 37.4 Å². The maximum atomic E-state index is 12.2. The van der Waals surface area contributed by atoms with Crippen molar-refractivity contribution in [3.05, 3.63) is 41.5 Å². The predicted octanol–water partition coefficient (Wildman–Crippen LogP) is 5.09. The number of carboxylic acids is 1. The Bertz CT molecular complexity index is 1090. The summed E-state index contributed by atoms with van der Waals surface area (Å²) in [6, 6.07) is 9.07. The van der Waals surface area contributed by atoms with E-state index in [9.17, 15) is 14.7 Å². The number of carboxylic acid groups (broad SMARTS) is 1. The smallest absolute Gasteiger partial charge is 0.338 e. The summed E-state index contributed by atoms with van der Waals surface area (Å²) in [7, 11) is 3.07. The van der Waals surface area contributed by atoms with Gasteiger partial charge in [0.05, 0.1) is 19.8 Å². The molecule has 1 aliphatic heterocycles. The molecule has 1 heterocycles. The van der Waals surface area contributed by atoms with Crippen molar-refractivity contribution in [1.29, 1.82) is 0 Å². The number of carbonyl (C=O) groups excluding carboxylic acids is 1. The van der Waals surface area contributed by atoms with E-state index in [1.807, 2.05) is 12.1 Å². The van der Waals surface area contributed by atoms with Gasteiger partial charge in [0.2, 0.25) is 5.75 Å². The van der Waals surface area contributed by atoms with Gasteiger partial charge in [0.25, 0.3) is 0 Å². The highest BCUT2D eigenvalue weighted by molar-refractivity contribution is 5.96. The number of benzene rings is 2. The lowest BCUT2D eigenvalue weighted by Gasteiger charge is -2.32. The normalized spacial score (nSPS) is 17.1. The second-order valence-corrected chi connectivity index (χ2v) is 9.92. The quantitative estimate of drug-likeness (QED) is 0.556. The Hall–Kier alpha value is -3.22. The van der Waals surface area contributed by atoms with Crippen LogP contribution in [-0.2, 0) is 16.1 Å². The average Bonchev–Trinajstić information content (AvgIpc) is 3.50. The zero-order valence-corrected chi connectivity index (χ0v) is 19.7. The van der Waals surface area contributed by atoms with Crippen molar-refractivity contribution in [3.63, 3.8) is 0 Å².